The Balaban J connectivity index is 2.23. The first-order chi connectivity index (χ1) is 9.13. The van der Waals surface area contributed by atoms with E-state index < -0.39 is 0 Å². The quantitative estimate of drug-likeness (QED) is 0.721. The molecule has 0 heterocycles. The van der Waals surface area contributed by atoms with Crippen LogP contribution in [0.4, 0.5) is 0 Å². The van der Waals surface area contributed by atoms with E-state index in [9.17, 15) is 4.79 Å². The van der Waals surface area contributed by atoms with Crippen LogP contribution in [0.2, 0.25) is 10.0 Å². The van der Waals surface area contributed by atoms with Gasteiger partial charge in [-0.2, -0.15) is 0 Å². The highest BCUT2D eigenvalue weighted by atomic mass is 35.5. The zero-order valence-electron chi connectivity index (χ0n) is 10.8. The van der Waals surface area contributed by atoms with Gasteiger partial charge < -0.3 is 15.4 Å². The molecule has 1 rings (SSSR count). The van der Waals surface area contributed by atoms with E-state index in [4.69, 9.17) is 27.9 Å². The Labute approximate surface area is 123 Å². The van der Waals surface area contributed by atoms with Crippen molar-refractivity contribution in [2.24, 2.45) is 0 Å². The first-order valence-electron chi connectivity index (χ1n) is 6.03. The van der Waals surface area contributed by atoms with E-state index in [1.165, 1.54) is 0 Å². The normalized spacial score (nSPS) is 10.5. The van der Waals surface area contributed by atoms with Gasteiger partial charge in [0, 0.05) is 36.8 Å². The van der Waals surface area contributed by atoms with Gasteiger partial charge in [-0.1, -0.05) is 29.3 Å². The fourth-order valence-electron chi connectivity index (χ4n) is 1.49. The van der Waals surface area contributed by atoms with Crippen molar-refractivity contribution in [1.82, 2.24) is 10.6 Å². The van der Waals surface area contributed by atoms with Gasteiger partial charge >= 0.3 is 0 Å². The lowest BCUT2D eigenvalue weighted by Gasteiger charge is -2.08. The predicted octanol–water partition coefficient (Wildman–Crippen LogP) is 1.89. The summed E-state index contributed by atoms with van der Waals surface area (Å²) in [6.45, 7) is 2.72. The molecular formula is C13H18Cl2N2O2. The molecule has 0 saturated heterocycles. The molecule has 1 aromatic rings. The van der Waals surface area contributed by atoms with E-state index in [0.29, 0.717) is 29.7 Å². The zero-order chi connectivity index (χ0) is 14.1. The maximum absolute atomic E-state index is 11.7. The number of methoxy groups -OCH3 is 1. The standard InChI is InChI=1S/C13H18Cl2N2O2/c1-19-7-6-16-4-5-17-13(18)8-10-2-3-11(14)9-12(10)15/h2-3,9,16H,4-8H2,1H3,(H,17,18). The third kappa shape index (κ3) is 6.78. The van der Waals surface area contributed by atoms with Crippen molar-refractivity contribution in [2.45, 2.75) is 6.42 Å². The van der Waals surface area contributed by atoms with Gasteiger partial charge in [0.15, 0.2) is 0 Å². The summed E-state index contributed by atoms with van der Waals surface area (Å²) < 4.78 is 4.90. The van der Waals surface area contributed by atoms with Crippen LogP contribution in [0, 0.1) is 0 Å². The molecule has 19 heavy (non-hydrogen) atoms. The van der Waals surface area contributed by atoms with E-state index in [0.717, 1.165) is 12.1 Å². The Kier molecular flexibility index (Phi) is 7.82. The summed E-state index contributed by atoms with van der Waals surface area (Å²) in [5, 5.41) is 7.04. The molecule has 4 nitrogen and oxygen atoms in total. The van der Waals surface area contributed by atoms with E-state index in [-0.39, 0.29) is 12.3 Å². The van der Waals surface area contributed by atoms with Crippen LogP contribution in [-0.2, 0) is 16.0 Å². The van der Waals surface area contributed by atoms with Gasteiger partial charge in [0.25, 0.3) is 0 Å². The molecule has 0 aliphatic carbocycles. The van der Waals surface area contributed by atoms with Crippen LogP contribution >= 0.6 is 23.2 Å². The third-order valence-electron chi connectivity index (χ3n) is 2.47. The number of rotatable bonds is 8. The third-order valence-corrected chi connectivity index (χ3v) is 3.06. The highest BCUT2D eigenvalue weighted by molar-refractivity contribution is 6.35. The largest absolute Gasteiger partial charge is 0.383 e. The first-order valence-corrected chi connectivity index (χ1v) is 6.79. The molecule has 0 aliphatic heterocycles. The number of ether oxygens (including phenoxy) is 1. The molecular weight excluding hydrogens is 287 g/mol. The number of hydrogen-bond acceptors (Lipinski definition) is 3. The van der Waals surface area contributed by atoms with Crippen molar-refractivity contribution >= 4 is 29.1 Å². The van der Waals surface area contributed by atoms with Gasteiger partial charge in [-0.15, -0.1) is 0 Å². The van der Waals surface area contributed by atoms with Gasteiger partial charge in [-0.25, -0.2) is 0 Å². The fourth-order valence-corrected chi connectivity index (χ4v) is 1.97. The summed E-state index contributed by atoms with van der Waals surface area (Å²) in [5.41, 5.74) is 0.774. The molecule has 0 radical (unpaired) electrons. The molecule has 2 N–H and O–H groups in total. The molecule has 0 aromatic heterocycles. The molecule has 0 saturated carbocycles. The van der Waals surface area contributed by atoms with E-state index in [1.807, 2.05) is 0 Å². The summed E-state index contributed by atoms with van der Waals surface area (Å²) in [6.07, 6.45) is 0.258. The molecule has 0 spiro atoms. The Bertz CT molecular complexity index is 414. The van der Waals surface area contributed by atoms with Crippen LogP contribution in [0.5, 0.6) is 0 Å². The van der Waals surface area contributed by atoms with Crippen LogP contribution < -0.4 is 10.6 Å². The van der Waals surface area contributed by atoms with Crippen molar-refractivity contribution in [3.05, 3.63) is 33.8 Å². The number of carbonyl (C=O) groups is 1. The summed E-state index contributed by atoms with van der Waals surface area (Å²) in [5.74, 6) is -0.0576. The average Bonchev–Trinajstić information content (AvgIpc) is 2.37. The predicted molar refractivity (Wildman–Crippen MR) is 77.9 cm³/mol. The van der Waals surface area contributed by atoms with Gasteiger partial charge in [0.2, 0.25) is 5.91 Å². The van der Waals surface area contributed by atoms with Crippen molar-refractivity contribution in [3.8, 4) is 0 Å². The summed E-state index contributed by atoms with van der Waals surface area (Å²) >= 11 is 11.8. The maximum Gasteiger partial charge on any atom is 0.224 e. The van der Waals surface area contributed by atoms with Crippen molar-refractivity contribution in [2.75, 3.05) is 33.4 Å². The topological polar surface area (TPSA) is 50.4 Å². The van der Waals surface area contributed by atoms with E-state index in [1.54, 1.807) is 25.3 Å². The molecule has 0 fully saturated rings. The van der Waals surface area contributed by atoms with Crippen LogP contribution in [0.15, 0.2) is 18.2 Å². The van der Waals surface area contributed by atoms with Crippen LogP contribution in [0.1, 0.15) is 5.56 Å². The SMILES string of the molecule is COCCNCCNC(=O)Cc1ccc(Cl)cc1Cl. The first kappa shape index (κ1) is 16.2. The summed E-state index contributed by atoms with van der Waals surface area (Å²) in [4.78, 5) is 11.7. The number of amides is 1. The smallest absolute Gasteiger partial charge is 0.224 e. The highest BCUT2D eigenvalue weighted by Gasteiger charge is 2.06. The highest BCUT2D eigenvalue weighted by Crippen LogP contribution is 2.21. The molecule has 6 heteroatoms. The van der Waals surface area contributed by atoms with Crippen LogP contribution in [0.25, 0.3) is 0 Å². The molecule has 0 atom stereocenters. The van der Waals surface area contributed by atoms with Crippen LogP contribution in [0.3, 0.4) is 0 Å². The Hall–Kier alpha value is -0.810. The van der Waals surface area contributed by atoms with Gasteiger partial charge in [0.05, 0.1) is 13.0 Å². The van der Waals surface area contributed by atoms with Crippen molar-refractivity contribution in [1.29, 1.82) is 0 Å². The number of nitrogens with one attached hydrogen (secondary N) is 2. The molecule has 0 aliphatic rings. The molecule has 1 aromatic carbocycles. The number of hydrogen-bond donors (Lipinski definition) is 2. The van der Waals surface area contributed by atoms with Gasteiger partial charge in [-0.05, 0) is 17.7 Å². The molecule has 0 unspecified atom stereocenters. The summed E-state index contributed by atoms with van der Waals surface area (Å²) in [6, 6.07) is 5.13. The van der Waals surface area contributed by atoms with E-state index in [2.05, 4.69) is 10.6 Å². The Morgan fingerprint density at radius 2 is 2.05 bits per heavy atom. The lowest BCUT2D eigenvalue weighted by Crippen LogP contribution is -2.33. The minimum Gasteiger partial charge on any atom is -0.383 e. The molecule has 1 amide bonds. The molecule has 0 bridgehead atoms. The minimum atomic E-state index is -0.0576. The monoisotopic (exact) mass is 304 g/mol. The minimum absolute atomic E-state index is 0.0576. The van der Waals surface area contributed by atoms with Crippen molar-refractivity contribution in [3.63, 3.8) is 0 Å². The average molecular weight is 305 g/mol. The lowest BCUT2D eigenvalue weighted by atomic mass is 10.1. The van der Waals surface area contributed by atoms with Gasteiger partial charge in [-0.3, -0.25) is 4.79 Å². The van der Waals surface area contributed by atoms with Crippen LogP contribution in [-0.4, -0.2) is 39.3 Å². The zero-order valence-corrected chi connectivity index (χ0v) is 12.4. The summed E-state index contributed by atoms with van der Waals surface area (Å²) in [7, 11) is 1.65. The fraction of sp³-hybridized carbons (Fsp3) is 0.462. The van der Waals surface area contributed by atoms with E-state index >= 15 is 0 Å². The number of benzene rings is 1. The Morgan fingerprint density at radius 1 is 1.26 bits per heavy atom. The maximum atomic E-state index is 11.7. The number of carbonyl (C=O) groups excluding carboxylic acids is 1. The number of halogens is 2. The Morgan fingerprint density at radius 3 is 2.74 bits per heavy atom. The van der Waals surface area contributed by atoms with Gasteiger partial charge in [0.1, 0.15) is 0 Å². The molecule has 106 valence electrons. The van der Waals surface area contributed by atoms with Crippen molar-refractivity contribution < 1.29 is 9.53 Å². The second-order valence-corrected chi connectivity index (χ2v) is 4.85. The second kappa shape index (κ2) is 9.15. The second-order valence-electron chi connectivity index (χ2n) is 4.01. The lowest BCUT2D eigenvalue weighted by molar-refractivity contribution is -0.120.